The first kappa shape index (κ1) is 12.3. The lowest BCUT2D eigenvalue weighted by Gasteiger charge is -2.08. The predicted molar refractivity (Wildman–Crippen MR) is 65.1 cm³/mol. The second-order valence-electron chi connectivity index (χ2n) is 3.47. The van der Waals surface area contributed by atoms with Gasteiger partial charge in [-0.2, -0.15) is 0 Å². The van der Waals surface area contributed by atoms with Gasteiger partial charge in [-0.15, -0.1) is 0 Å². The Balaban J connectivity index is 2.21. The van der Waals surface area contributed by atoms with Crippen LogP contribution in [0.5, 0.6) is 0 Å². The minimum absolute atomic E-state index is 0.0818. The molecule has 5 heteroatoms. The summed E-state index contributed by atoms with van der Waals surface area (Å²) in [6, 6.07) is 3.56. The maximum Gasteiger partial charge on any atom is 0.220 e. The number of carbonyl (C=O) groups excluding carboxylic acids is 1. The van der Waals surface area contributed by atoms with E-state index in [1.807, 2.05) is 6.92 Å². The molecule has 0 aliphatic rings. The van der Waals surface area contributed by atoms with Crippen LogP contribution in [0.4, 0.5) is 11.5 Å². The minimum atomic E-state index is 0.0818. The Morgan fingerprint density at radius 1 is 1.50 bits per heavy atom. The van der Waals surface area contributed by atoms with Gasteiger partial charge in [-0.25, -0.2) is 4.98 Å². The van der Waals surface area contributed by atoms with Crippen molar-refractivity contribution in [2.24, 2.45) is 0 Å². The largest absolute Gasteiger partial charge is 0.396 e. The third-order valence-electron chi connectivity index (χ3n) is 2.06. The van der Waals surface area contributed by atoms with Crippen molar-refractivity contribution in [3.05, 3.63) is 18.3 Å². The number of nitrogen functional groups attached to an aromatic ring is 1. The molecule has 0 aromatic carbocycles. The Hall–Kier alpha value is -1.78. The van der Waals surface area contributed by atoms with Gasteiger partial charge >= 0.3 is 0 Å². The molecule has 0 unspecified atom stereocenters. The third kappa shape index (κ3) is 4.16. The van der Waals surface area contributed by atoms with Gasteiger partial charge in [0.05, 0.1) is 5.69 Å². The van der Waals surface area contributed by atoms with Crippen LogP contribution in [0.1, 0.15) is 19.8 Å². The molecule has 1 aromatic rings. The molecule has 0 fully saturated rings. The number of anilines is 2. The molecular formula is C11H18N4O. The lowest BCUT2D eigenvalue weighted by Crippen LogP contribution is -2.28. The molecule has 1 amide bonds. The fourth-order valence-electron chi connectivity index (χ4n) is 1.26. The highest BCUT2D eigenvalue weighted by atomic mass is 16.1. The van der Waals surface area contributed by atoms with E-state index in [9.17, 15) is 4.79 Å². The monoisotopic (exact) mass is 222 g/mol. The molecule has 88 valence electrons. The summed E-state index contributed by atoms with van der Waals surface area (Å²) in [6.45, 7) is 3.18. The third-order valence-corrected chi connectivity index (χ3v) is 2.06. The standard InChI is InChI=1S/C11H18N4O/c1-2-4-10(16)13-7-8-15-11-9(12)5-3-6-14-11/h3,5-6H,2,4,7-8,12H2,1H3,(H,13,16)(H,14,15). The van der Waals surface area contributed by atoms with Gasteiger partial charge in [0.1, 0.15) is 5.82 Å². The van der Waals surface area contributed by atoms with E-state index in [0.29, 0.717) is 31.0 Å². The second-order valence-corrected chi connectivity index (χ2v) is 3.47. The molecule has 1 aromatic heterocycles. The number of nitrogens with one attached hydrogen (secondary N) is 2. The summed E-state index contributed by atoms with van der Waals surface area (Å²) in [5.74, 6) is 0.741. The number of hydrogen-bond acceptors (Lipinski definition) is 4. The quantitative estimate of drug-likeness (QED) is 0.627. The number of amides is 1. The Kier molecular flexibility index (Phi) is 5.11. The van der Waals surface area contributed by atoms with Crippen LogP contribution in [0.15, 0.2) is 18.3 Å². The smallest absolute Gasteiger partial charge is 0.220 e. The fourth-order valence-corrected chi connectivity index (χ4v) is 1.26. The molecule has 0 aliphatic heterocycles. The van der Waals surface area contributed by atoms with Crippen LogP contribution in [0.3, 0.4) is 0 Å². The summed E-state index contributed by atoms with van der Waals surface area (Å²) in [5, 5.41) is 5.86. The first-order chi connectivity index (χ1) is 7.74. The Bertz CT molecular complexity index is 341. The molecular weight excluding hydrogens is 204 g/mol. The molecule has 0 saturated carbocycles. The molecule has 1 rings (SSSR count). The van der Waals surface area contributed by atoms with E-state index in [2.05, 4.69) is 15.6 Å². The molecule has 0 atom stereocenters. The lowest BCUT2D eigenvalue weighted by molar-refractivity contribution is -0.121. The molecule has 1 heterocycles. The molecule has 0 saturated heterocycles. The summed E-state index contributed by atoms with van der Waals surface area (Å²) in [5.41, 5.74) is 6.31. The molecule has 0 bridgehead atoms. The molecule has 0 aliphatic carbocycles. The zero-order valence-electron chi connectivity index (χ0n) is 9.49. The van der Waals surface area contributed by atoms with E-state index in [0.717, 1.165) is 6.42 Å². The summed E-state index contributed by atoms with van der Waals surface area (Å²) in [4.78, 5) is 15.2. The van der Waals surface area contributed by atoms with Crippen molar-refractivity contribution in [1.29, 1.82) is 0 Å². The maximum atomic E-state index is 11.1. The van der Waals surface area contributed by atoms with Gasteiger partial charge < -0.3 is 16.4 Å². The predicted octanol–water partition coefficient (Wildman–Crippen LogP) is 0.992. The molecule has 0 spiro atoms. The summed E-state index contributed by atoms with van der Waals surface area (Å²) in [7, 11) is 0. The average molecular weight is 222 g/mol. The van der Waals surface area contributed by atoms with E-state index in [4.69, 9.17) is 5.73 Å². The van der Waals surface area contributed by atoms with Crippen LogP contribution < -0.4 is 16.4 Å². The number of pyridine rings is 1. The fraction of sp³-hybridized carbons (Fsp3) is 0.455. The van der Waals surface area contributed by atoms with E-state index in [1.54, 1.807) is 18.3 Å². The van der Waals surface area contributed by atoms with Gasteiger partial charge in [0.15, 0.2) is 0 Å². The zero-order chi connectivity index (χ0) is 11.8. The first-order valence-corrected chi connectivity index (χ1v) is 5.45. The van der Waals surface area contributed by atoms with Crippen LogP contribution in [0, 0.1) is 0 Å². The Morgan fingerprint density at radius 2 is 2.31 bits per heavy atom. The number of nitrogens with two attached hydrogens (primary N) is 1. The zero-order valence-corrected chi connectivity index (χ0v) is 9.49. The maximum absolute atomic E-state index is 11.1. The minimum Gasteiger partial charge on any atom is -0.396 e. The van der Waals surface area contributed by atoms with Crippen LogP contribution in [0.25, 0.3) is 0 Å². The highest BCUT2D eigenvalue weighted by molar-refractivity contribution is 5.75. The van der Waals surface area contributed by atoms with Crippen LogP contribution in [0.2, 0.25) is 0 Å². The molecule has 4 N–H and O–H groups in total. The van der Waals surface area contributed by atoms with Crippen molar-refractivity contribution < 1.29 is 4.79 Å². The van der Waals surface area contributed by atoms with Crippen LogP contribution in [-0.2, 0) is 4.79 Å². The van der Waals surface area contributed by atoms with E-state index < -0.39 is 0 Å². The molecule has 0 radical (unpaired) electrons. The van der Waals surface area contributed by atoms with E-state index in [-0.39, 0.29) is 5.91 Å². The van der Waals surface area contributed by atoms with Gasteiger partial charge in [0, 0.05) is 25.7 Å². The van der Waals surface area contributed by atoms with Crippen molar-refractivity contribution in [2.75, 3.05) is 24.1 Å². The van der Waals surface area contributed by atoms with Gasteiger partial charge in [-0.3, -0.25) is 4.79 Å². The highest BCUT2D eigenvalue weighted by Crippen LogP contribution is 2.11. The topological polar surface area (TPSA) is 80.0 Å². The summed E-state index contributed by atoms with van der Waals surface area (Å²) < 4.78 is 0. The molecule has 5 nitrogen and oxygen atoms in total. The van der Waals surface area contributed by atoms with Crippen molar-refractivity contribution >= 4 is 17.4 Å². The van der Waals surface area contributed by atoms with Gasteiger partial charge in [0.2, 0.25) is 5.91 Å². The first-order valence-electron chi connectivity index (χ1n) is 5.45. The Morgan fingerprint density at radius 3 is 3.00 bits per heavy atom. The number of hydrogen-bond donors (Lipinski definition) is 3. The van der Waals surface area contributed by atoms with E-state index >= 15 is 0 Å². The lowest BCUT2D eigenvalue weighted by atomic mass is 10.3. The number of carbonyl (C=O) groups is 1. The van der Waals surface area contributed by atoms with Crippen molar-refractivity contribution in [2.45, 2.75) is 19.8 Å². The van der Waals surface area contributed by atoms with Crippen molar-refractivity contribution in [3.8, 4) is 0 Å². The van der Waals surface area contributed by atoms with E-state index in [1.165, 1.54) is 0 Å². The number of rotatable bonds is 6. The van der Waals surface area contributed by atoms with Crippen molar-refractivity contribution in [3.63, 3.8) is 0 Å². The second kappa shape index (κ2) is 6.66. The molecule has 16 heavy (non-hydrogen) atoms. The van der Waals surface area contributed by atoms with Crippen LogP contribution in [-0.4, -0.2) is 24.0 Å². The summed E-state index contributed by atoms with van der Waals surface area (Å²) >= 11 is 0. The summed E-state index contributed by atoms with van der Waals surface area (Å²) in [6.07, 6.45) is 3.12. The number of nitrogens with zero attached hydrogens (tertiary/aromatic N) is 1. The van der Waals surface area contributed by atoms with Gasteiger partial charge in [-0.05, 0) is 18.6 Å². The SMILES string of the molecule is CCCC(=O)NCCNc1ncccc1N. The average Bonchev–Trinajstić information content (AvgIpc) is 2.27. The highest BCUT2D eigenvalue weighted by Gasteiger charge is 1.99. The normalized spacial score (nSPS) is 9.81. The Labute approximate surface area is 95.4 Å². The van der Waals surface area contributed by atoms with Gasteiger partial charge in [0.25, 0.3) is 0 Å². The van der Waals surface area contributed by atoms with Gasteiger partial charge in [-0.1, -0.05) is 6.92 Å². The van der Waals surface area contributed by atoms with Crippen molar-refractivity contribution in [1.82, 2.24) is 10.3 Å². The number of aromatic nitrogens is 1. The van der Waals surface area contributed by atoms with Crippen LogP contribution >= 0.6 is 0 Å².